The van der Waals surface area contributed by atoms with Gasteiger partial charge in [0.15, 0.2) is 17.2 Å². The Bertz CT molecular complexity index is 992. The SMILES string of the molecule is Cc1nc2ccc(OCCCOc3c(Cl)cc(OCC=C(Cl)Cl)cc3Cl)cc2o1. The molecule has 1 aromatic heterocycles. The van der Waals surface area contributed by atoms with Crippen LogP contribution in [0.1, 0.15) is 12.3 Å². The van der Waals surface area contributed by atoms with Crippen LogP contribution in [0.2, 0.25) is 10.0 Å². The van der Waals surface area contributed by atoms with Crippen molar-refractivity contribution in [1.82, 2.24) is 4.98 Å². The quantitative estimate of drug-likeness (QED) is 0.311. The number of aromatic nitrogens is 1. The maximum atomic E-state index is 6.24. The highest BCUT2D eigenvalue weighted by molar-refractivity contribution is 6.55. The summed E-state index contributed by atoms with van der Waals surface area (Å²) in [6, 6.07) is 8.75. The van der Waals surface area contributed by atoms with Crippen LogP contribution >= 0.6 is 46.4 Å². The predicted molar refractivity (Wildman–Crippen MR) is 116 cm³/mol. The first-order valence-corrected chi connectivity index (χ1v) is 10.2. The number of halogens is 4. The van der Waals surface area contributed by atoms with Crippen LogP contribution in [0.15, 0.2) is 45.3 Å². The normalized spacial score (nSPS) is 10.8. The van der Waals surface area contributed by atoms with E-state index in [2.05, 4.69) is 4.98 Å². The van der Waals surface area contributed by atoms with Crippen LogP contribution in [0.25, 0.3) is 11.1 Å². The van der Waals surface area contributed by atoms with Crippen molar-refractivity contribution in [1.29, 1.82) is 0 Å². The number of aryl methyl sites for hydroxylation is 1. The zero-order chi connectivity index (χ0) is 20.8. The molecule has 0 aliphatic heterocycles. The molecule has 9 heteroatoms. The van der Waals surface area contributed by atoms with E-state index in [0.717, 1.165) is 5.52 Å². The molecule has 29 heavy (non-hydrogen) atoms. The fourth-order valence-electron chi connectivity index (χ4n) is 2.49. The van der Waals surface area contributed by atoms with Crippen LogP contribution in [-0.2, 0) is 0 Å². The van der Waals surface area contributed by atoms with Crippen LogP contribution < -0.4 is 14.2 Å². The van der Waals surface area contributed by atoms with Crippen molar-refractivity contribution in [2.45, 2.75) is 13.3 Å². The molecular formula is C20H17Cl4NO4. The third-order valence-corrected chi connectivity index (χ3v) is 4.60. The largest absolute Gasteiger partial charge is 0.493 e. The van der Waals surface area contributed by atoms with Crippen molar-refractivity contribution in [2.24, 2.45) is 0 Å². The molecule has 2 aromatic carbocycles. The van der Waals surface area contributed by atoms with Gasteiger partial charge in [-0.15, -0.1) is 0 Å². The molecule has 3 rings (SSSR count). The molecule has 1 heterocycles. The molecule has 0 N–H and O–H groups in total. The van der Waals surface area contributed by atoms with Gasteiger partial charge in [-0.05, 0) is 18.2 Å². The van der Waals surface area contributed by atoms with Gasteiger partial charge in [-0.25, -0.2) is 4.98 Å². The molecule has 0 spiro atoms. The Kier molecular flexibility index (Phi) is 7.78. The van der Waals surface area contributed by atoms with Gasteiger partial charge in [-0.2, -0.15) is 0 Å². The average Bonchev–Trinajstić information content (AvgIpc) is 3.02. The topological polar surface area (TPSA) is 53.7 Å². The zero-order valence-electron chi connectivity index (χ0n) is 15.4. The van der Waals surface area contributed by atoms with Gasteiger partial charge in [-0.3, -0.25) is 0 Å². The molecule has 0 aliphatic rings. The van der Waals surface area contributed by atoms with Gasteiger partial charge in [0.1, 0.15) is 28.1 Å². The van der Waals surface area contributed by atoms with E-state index in [-0.39, 0.29) is 11.1 Å². The fourth-order valence-corrected chi connectivity index (χ4v) is 3.19. The van der Waals surface area contributed by atoms with Gasteiger partial charge in [0.25, 0.3) is 0 Å². The van der Waals surface area contributed by atoms with Crippen molar-refractivity contribution in [2.75, 3.05) is 19.8 Å². The maximum Gasteiger partial charge on any atom is 0.192 e. The number of nitrogens with zero attached hydrogens (tertiary/aromatic N) is 1. The van der Waals surface area contributed by atoms with Crippen molar-refractivity contribution in [3.8, 4) is 17.2 Å². The molecule has 154 valence electrons. The summed E-state index contributed by atoms with van der Waals surface area (Å²) in [6.45, 7) is 2.85. The van der Waals surface area contributed by atoms with Crippen molar-refractivity contribution in [3.05, 3.63) is 56.8 Å². The van der Waals surface area contributed by atoms with Crippen molar-refractivity contribution < 1.29 is 18.6 Å². The third-order valence-electron chi connectivity index (χ3n) is 3.73. The standard InChI is InChI=1S/C20H17Cl4NO4/c1-12-25-17-4-3-13(11-18(17)29-12)26-6-2-7-28-20-15(21)9-14(10-16(20)22)27-8-5-19(23)24/h3-5,9-11H,2,6-8H2,1H3. The second kappa shape index (κ2) is 10.3. The van der Waals surface area contributed by atoms with Gasteiger partial charge >= 0.3 is 0 Å². The zero-order valence-corrected chi connectivity index (χ0v) is 18.4. The first-order valence-electron chi connectivity index (χ1n) is 8.68. The van der Waals surface area contributed by atoms with E-state index in [0.29, 0.717) is 58.4 Å². The highest BCUT2D eigenvalue weighted by Crippen LogP contribution is 2.37. The van der Waals surface area contributed by atoms with Crippen LogP contribution in [-0.4, -0.2) is 24.8 Å². The lowest BCUT2D eigenvalue weighted by atomic mass is 10.3. The number of ether oxygens (including phenoxy) is 3. The van der Waals surface area contributed by atoms with E-state index in [1.807, 2.05) is 18.2 Å². The summed E-state index contributed by atoms with van der Waals surface area (Å²) >= 11 is 23.5. The first-order chi connectivity index (χ1) is 13.9. The number of fused-ring (bicyclic) bond motifs is 1. The van der Waals surface area contributed by atoms with Gasteiger partial charge in [-0.1, -0.05) is 46.4 Å². The number of rotatable bonds is 9. The number of benzene rings is 2. The van der Waals surface area contributed by atoms with Crippen molar-refractivity contribution in [3.63, 3.8) is 0 Å². The Hall–Kier alpha value is -1.79. The molecule has 0 bridgehead atoms. The molecule has 3 aromatic rings. The van der Waals surface area contributed by atoms with E-state index in [1.165, 1.54) is 6.08 Å². The summed E-state index contributed by atoms with van der Waals surface area (Å²) in [4.78, 5) is 4.25. The van der Waals surface area contributed by atoms with Crippen molar-refractivity contribution >= 4 is 57.5 Å². The summed E-state index contributed by atoms with van der Waals surface area (Å²) in [5, 5.41) is 0.695. The summed E-state index contributed by atoms with van der Waals surface area (Å²) in [6.07, 6.45) is 2.15. The molecule has 0 saturated heterocycles. The molecule has 0 amide bonds. The molecule has 0 atom stereocenters. The van der Waals surface area contributed by atoms with E-state index < -0.39 is 0 Å². The molecule has 0 fully saturated rings. The van der Waals surface area contributed by atoms with Gasteiger partial charge in [0.05, 0.1) is 23.3 Å². The third kappa shape index (κ3) is 6.34. The Morgan fingerprint density at radius 3 is 2.45 bits per heavy atom. The summed E-state index contributed by atoms with van der Waals surface area (Å²) in [5.74, 6) is 2.21. The maximum absolute atomic E-state index is 6.24. The lowest BCUT2D eigenvalue weighted by Crippen LogP contribution is -2.05. The van der Waals surface area contributed by atoms with E-state index in [1.54, 1.807) is 19.1 Å². The highest BCUT2D eigenvalue weighted by Gasteiger charge is 2.11. The minimum atomic E-state index is 0.125. The Morgan fingerprint density at radius 1 is 1.00 bits per heavy atom. The second-order valence-corrected chi connectivity index (χ2v) is 7.76. The predicted octanol–water partition coefficient (Wildman–Crippen LogP) is 6.99. The highest BCUT2D eigenvalue weighted by atomic mass is 35.5. The van der Waals surface area contributed by atoms with Crippen LogP contribution in [0.3, 0.4) is 0 Å². The molecule has 0 unspecified atom stereocenters. The molecule has 0 aliphatic carbocycles. The molecule has 5 nitrogen and oxygen atoms in total. The number of oxazole rings is 1. The molecular weight excluding hydrogens is 460 g/mol. The average molecular weight is 477 g/mol. The van der Waals surface area contributed by atoms with Crippen LogP contribution in [0, 0.1) is 6.92 Å². The molecule has 0 radical (unpaired) electrons. The minimum Gasteiger partial charge on any atom is -0.493 e. The van der Waals surface area contributed by atoms with Gasteiger partial charge in [0.2, 0.25) is 0 Å². The lowest BCUT2D eigenvalue weighted by molar-refractivity contribution is 0.247. The van der Waals surface area contributed by atoms with Gasteiger partial charge < -0.3 is 18.6 Å². The Balaban J connectivity index is 1.47. The van der Waals surface area contributed by atoms with Gasteiger partial charge in [0, 0.05) is 31.5 Å². The fraction of sp³-hybridized carbons (Fsp3) is 0.250. The second-order valence-electron chi connectivity index (χ2n) is 5.93. The minimum absolute atomic E-state index is 0.125. The summed E-state index contributed by atoms with van der Waals surface area (Å²) in [5.41, 5.74) is 1.50. The van der Waals surface area contributed by atoms with Crippen LogP contribution in [0.5, 0.6) is 17.2 Å². The Labute approximate surface area is 188 Å². The van der Waals surface area contributed by atoms with E-state index >= 15 is 0 Å². The number of hydrogen-bond donors (Lipinski definition) is 0. The van der Waals surface area contributed by atoms with E-state index in [9.17, 15) is 0 Å². The van der Waals surface area contributed by atoms with Crippen LogP contribution in [0.4, 0.5) is 0 Å². The Morgan fingerprint density at radius 2 is 1.72 bits per heavy atom. The smallest absolute Gasteiger partial charge is 0.192 e. The molecule has 0 saturated carbocycles. The lowest BCUT2D eigenvalue weighted by Gasteiger charge is -2.12. The summed E-state index contributed by atoms with van der Waals surface area (Å²) in [7, 11) is 0. The number of hydrogen-bond acceptors (Lipinski definition) is 5. The first kappa shape index (κ1) is 21.9. The van der Waals surface area contributed by atoms with E-state index in [4.69, 9.17) is 65.0 Å². The summed E-state index contributed by atoms with van der Waals surface area (Å²) < 4.78 is 22.5. The monoisotopic (exact) mass is 475 g/mol.